The van der Waals surface area contributed by atoms with Crippen LogP contribution in [0.4, 0.5) is 0 Å². The van der Waals surface area contributed by atoms with Gasteiger partial charge in [-0.1, -0.05) is 32.1 Å². The number of hydrogen-bond acceptors (Lipinski definition) is 3. The van der Waals surface area contributed by atoms with Crippen molar-refractivity contribution in [1.82, 2.24) is 0 Å². The highest BCUT2D eigenvalue weighted by Crippen LogP contribution is 2.46. The molecule has 0 amide bonds. The Balaban J connectivity index is 2.21. The van der Waals surface area contributed by atoms with Crippen molar-refractivity contribution in [1.29, 1.82) is 5.26 Å². The maximum Gasteiger partial charge on any atom is 0.107 e. The summed E-state index contributed by atoms with van der Waals surface area (Å²) in [7, 11) is 0. The molecule has 0 aromatic carbocycles. The van der Waals surface area contributed by atoms with E-state index in [4.69, 9.17) is 0 Å². The molecule has 0 spiro atoms. The molecule has 0 radical (unpaired) electrons. The highest BCUT2D eigenvalue weighted by atomic mass is 79.9. The van der Waals surface area contributed by atoms with Gasteiger partial charge in [0.25, 0.3) is 0 Å². The van der Waals surface area contributed by atoms with Crippen molar-refractivity contribution in [3.63, 3.8) is 0 Å². The largest absolute Gasteiger partial charge is 0.386 e. The van der Waals surface area contributed by atoms with E-state index in [2.05, 4.69) is 22.0 Å². The molecule has 1 atom stereocenters. The summed E-state index contributed by atoms with van der Waals surface area (Å²) in [5.74, 6) is 0. The number of thiophene rings is 1. The molecule has 1 aliphatic carbocycles. The van der Waals surface area contributed by atoms with E-state index >= 15 is 0 Å². The first-order valence-electron chi connectivity index (χ1n) is 6.52. The third-order valence-corrected chi connectivity index (χ3v) is 5.53. The predicted octanol–water partition coefficient (Wildman–Crippen LogP) is 4.80. The summed E-state index contributed by atoms with van der Waals surface area (Å²) in [6, 6.07) is 6.30. The van der Waals surface area contributed by atoms with Crippen LogP contribution < -0.4 is 0 Å². The molecule has 2 rings (SSSR count). The maximum atomic E-state index is 10.6. The fourth-order valence-electron chi connectivity index (χ4n) is 2.73. The van der Waals surface area contributed by atoms with Crippen LogP contribution in [0.15, 0.2) is 15.9 Å². The van der Waals surface area contributed by atoms with Gasteiger partial charge in [0, 0.05) is 4.88 Å². The molecular weight excluding hydrogens is 310 g/mol. The molecule has 4 heteroatoms. The van der Waals surface area contributed by atoms with Crippen molar-refractivity contribution in [2.24, 2.45) is 5.41 Å². The number of hydrogen-bond donors (Lipinski definition) is 1. The Morgan fingerprint density at radius 3 is 2.33 bits per heavy atom. The second kappa shape index (κ2) is 6.18. The van der Waals surface area contributed by atoms with Crippen LogP contribution in [-0.4, -0.2) is 5.11 Å². The minimum Gasteiger partial charge on any atom is -0.386 e. The van der Waals surface area contributed by atoms with Crippen LogP contribution in [0.3, 0.4) is 0 Å². The first kappa shape index (κ1) is 14.0. The lowest BCUT2D eigenvalue weighted by Gasteiger charge is -2.32. The third-order valence-electron chi connectivity index (χ3n) is 3.86. The zero-order valence-electron chi connectivity index (χ0n) is 10.4. The highest BCUT2D eigenvalue weighted by Gasteiger charge is 2.39. The Kier molecular flexibility index (Phi) is 4.83. The molecule has 2 nitrogen and oxygen atoms in total. The lowest BCUT2D eigenvalue weighted by Crippen LogP contribution is -2.28. The summed E-state index contributed by atoms with van der Waals surface area (Å²) in [5, 5.41) is 20.2. The van der Waals surface area contributed by atoms with Gasteiger partial charge in [0.15, 0.2) is 0 Å². The van der Waals surface area contributed by atoms with E-state index < -0.39 is 11.5 Å². The van der Waals surface area contributed by atoms with Crippen LogP contribution in [0, 0.1) is 16.7 Å². The van der Waals surface area contributed by atoms with Crippen molar-refractivity contribution in [2.45, 2.75) is 51.0 Å². The van der Waals surface area contributed by atoms with Gasteiger partial charge in [0.1, 0.15) is 6.10 Å². The average Bonchev–Trinajstić information content (AvgIpc) is 2.76. The molecule has 1 fully saturated rings. The Labute approximate surface area is 121 Å². The smallest absolute Gasteiger partial charge is 0.107 e. The highest BCUT2D eigenvalue weighted by molar-refractivity contribution is 9.11. The number of rotatable bonds is 2. The molecule has 0 bridgehead atoms. The van der Waals surface area contributed by atoms with Gasteiger partial charge < -0.3 is 5.11 Å². The fraction of sp³-hybridized carbons (Fsp3) is 0.643. The number of halogens is 1. The average molecular weight is 328 g/mol. The minimum atomic E-state index is -0.642. The van der Waals surface area contributed by atoms with Gasteiger partial charge in [-0.15, -0.1) is 11.3 Å². The summed E-state index contributed by atoms with van der Waals surface area (Å²) >= 11 is 4.95. The fourth-order valence-corrected chi connectivity index (χ4v) is 4.26. The van der Waals surface area contributed by atoms with Gasteiger partial charge in [-0.3, -0.25) is 0 Å². The van der Waals surface area contributed by atoms with Gasteiger partial charge in [0.2, 0.25) is 0 Å². The standard InChI is InChI=1S/C14H18BrNOS/c15-12-7-6-11(18-12)13(17)14(10-16)8-4-2-1-3-5-9-14/h6-7,13,17H,1-5,8-9H2. The van der Waals surface area contributed by atoms with E-state index in [0.29, 0.717) is 0 Å². The third kappa shape index (κ3) is 2.96. The van der Waals surface area contributed by atoms with Crippen LogP contribution in [0.5, 0.6) is 0 Å². The molecule has 1 unspecified atom stereocenters. The van der Waals surface area contributed by atoms with Crippen molar-refractivity contribution in [3.05, 3.63) is 20.8 Å². The predicted molar refractivity (Wildman–Crippen MR) is 77.3 cm³/mol. The van der Waals surface area contributed by atoms with Gasteiger partial charge in [-0.05, 0) is 40.9 Å². The Bertz CT molecular complexity index is 429. The molecule has 0 aliphatic heterocycles. The molecular formula is C14H18BrNOS. The molecule has 1 saturated carbocycles. The molecule has 1 aromatic heterocycles. The summed E-state index contributed by atoms with van der Waals surface area (Å²) < 4.78 is 1.01. The Morgan fingerprint density at radius 1 is 1.22 bits per heavy atom. The van der Waals surface area contributed by atoms with Crippen LogP contribution in [0.1, 0.15) is 55.9 Å². The first-order chi connectivity index (χ1) is 8.68. The topological polar surface area (TPSA) is 44.0 Å². The van der Waals surface area contributed by atoms with Crippen LogP contribution in [0.25, 0.3) is 0 Å². The van der Waals surface area contributed by atoms with E-state index in [1.807, 2.05) is 12.1 Å². The van der Waals surface area contributed by atoms with E-state index in [0.717, 1.165) is 34.3 Å². The van der Waals surface area contributed by atoms with Crippen molar-refractivity contribution >= 4 is 27.3 Å². The lowest BCUT2D eigenvalue weighted by molar-refractivity contribution is 0.0463. The van der Waals surface area contributed by atoms with E-state index in [9.17, 15) is 10.4 Å². The number of nitriles is 1. The first-order valence-corrected chi connectivity index (χ1v) is 8.13. The molecule has 0 saturated heterocycles. The second-order valence-electron chi connectivity index (χ2n) is 5.08. The lowest BCUT2D eigenvalue weighted by atomic mass is 9.73. The monoisotopic (exact) mass is 327 g/mol. The van der Waals surface area contributed by atoms with E-state index in [-0.39, 0.29) is 0 Å². The summed E-state index contributed by atoms with van der Waals surface area (Å²) in [5.41, 5.74) is -0.579. The molecule has 18 heavy (non-hydrogen) atoms. The van der Waals surface area contributed by atoms with Gasteiger partial charge >= 0.3 is 0 Å². The molecule has 1 heterocycles. The quantitative estimate of drug-likeness (QED) is 0.847. The Morgan fingerprint density at radius 2 is 1.83 bits per heavy atom. The van der Waals surface area contributed by atoms with Crippen molar-refractivity contribution in [2.75, 3.05) is 0 Å². The summed E-state index contributed by atoms with van der Waals surface area (Å²) in [6.07, 6.45) is 6.74. The molecule has 98 valence electrons. The van der Waals surface area contributed by atoms with E-state index in [1.165, 1.54) is 30.6 Å². The minimum absolute atomic E-state index is 0.579. The molecule has 1 N–H and O–H groups in total. The summed E-state index contributed by atoms with van der Waals surface area (Å²) in [6.45, 7) is 0. The number of aliphatic hydroxyl groups excluding tert-OH is 1. The van der Waals surface area contributed by atoms with Gasteiger partial charge in [-0.25, -0.2) is 0 Å². The van der Waals surface area contributed by atoms with E-state index in [1.54, 1.807) is 0 Å². The number of aliphatic hydroxyl groups is 1. The zero-order valence-corrected chi connectivity index (χ0v) is 12.8. The van der Waals surface area contributed by atoms with Crippen molar-refractivity contribution < 1.29 is 5.11 Å². The Hall–Kier alpha value is -0.370. The molecule has 1 aliphatic rings. The van der Waals surface area contributed by atoms with Crippen LogP contribution in [-0.2, 0) is 0 Å². The SMILES string of the molecule is N#CC1(C(O)c2ccc(Br)s2)CCCCCCC1. The summed E-state index contributed by atoms with van der Waals surface area (Å²) in [4.78, 5) is 0.906. The zero-order chi connectivity index (χ0) is 13.0. The van der Waals surface area contributed by atoms with Gasteiger partial charge in [0.05, 0.1) is 15.3 Å². The van der Waals surface area contributed by atoms with Crippen molar-refractivity contribution in [3.8, 4) is 6.07 Å². The second-order valence-corrected chi connectivity index (χ2v) is 7.57. The maximum absolute atomic E-state index is 10.6. The number of nitrogens with zero attached hydrogens (tertiary/aromatic N) is 1. The normalized spacial score (nSPS) is 21.6. The van der Waals surface area contributed by atoms with Gasteiger partial charge in [-0.2, -0.15) is 5.26 Å². The molecule has 1 aromatic rings. The van der Waals surface area contributed by atoms with Crippen LogP contribution >= 0.6 is 27.3 Å². The van der Waals surface area contributed by atoms with Crippen LogP contribution in [0.2, 0.25) is 0 Å².